The molecule has 1 saturated heterocycles. The number of nitrogens with zero attached hydrogens (tertiary/aromatic N) is 1. The van der Waals surface area contributed by atoms with Crippen LogP contribution < -0.4 is 5.32 Å². The fourth-order valence-electron chi connectivity index (χ4n) is 2.55. The quantitative estimate of drug-likeness (QED) is 0.901. The molecule has 1 aromatic carbocycles. The van der Waals surface area contributed by atoms with Crippen molar-refractivity contribution >= 4 is 27.7 Å². The minimum Gasteiger partial charge on any atom is -0.343 e. The molecule has 0 aromatic heterocycles. The third-order valence-corrected chi connectivity index (χ3v) is 4.63. The van der Waals surface area contributed by atoms with E-state index >= 15 is 0 Å². The van der Waals surface area contributed by atoms with Gasteiger partial charge >= 0.3 is 0 Å². The lowest BCUT2D eigenvalue weighted by Crippen LogP contribution is -2.62. The minimum atomic E-state index is -0.504. The van der Waals surface area contributed by atoms with Gasteiger partial charge in [0.15, 0.2) is 0 Å². The van der Waals surface area contributed by atoms with Gasteiger partial charge in [0.2, 0.25) is 11.8 Å². The maximum Gasteiger partial charge on any atom is 0.246 e. The molecule has 1 fully saturated rings. The topological polar surface area (TPSA) is 49.4 Å². The summed E-state index contributed by atoms with van der Waals surface area (Å²) in [6, 6.07) is 3.70. The molecule has 1 aromatic rings. The Balaban J connectivity index is 2.31. The molecule has 0 bridgehead atoms. The average Bonchev–Trinajstić information content (AvgIpc) is 2.47. The summed E-state index contributed by atoms with van der Waals surface area (Å²) in [4.78, 5) is 26.1. The van der Waals surface area contributed by atoms with E-state index in [9.17, 15) is 14.0 Å². The summed E-state index contributed by atoms with van der Waals surface area (Å²) >= 11 is 3.20. The largest absolute Gasteiger partial charge is 0.343 e. The van der Waals surface area contributed by atoms with Gasteiger partial charge in [-0.05, 0) is 40.4 Å². The zero-order valence-corrected chi connectivity index (χ0v) is 13.6. The van der Waals surface area contributed by atoms with Crippen LogP contribution in [0.1, 0.15) is 32.3 Å². The zero-order valence-electron chi connectivity index (χ0n) is 12.0. The maximum absolute atomic E-state index is 13.6. The summed E-state index contributed by atoms with van der Waals surface area (Å²) in [5.41, 5.74) is 0.659. The highest BCUT2D eigenvalue weighted by atomic mass is 79.9. The highest BCUT2D eigenvalue weighted by Gasteiger charge is 2.38. The van der Waals surface area contributed by atoms with Gasteiger partial charge in [-0.25, -0.2) is 4.39 Å². The van der Waals surface area contributed by atoms with Gasteiger partial charge in [-0.3, -0.25) is 9.59 Å². The van der Waals surface area contributed by atoms with Gasteiger partial charge in [0.05, 0.1) is 4.47 Å². The third kappa shape index (κ3) is 3.10. The van der Waals surface area contributed by atoms with E-state index in [0.717, 1.165) is 0 Å². The van der Waals surface area contributed by atoms with Crippen LogP contribution in [0.5, 0.6) is 0 Å². The van der Waals surface area contributed by atoms with Crippen LogP contribution in [0.3, 0.4) is 0 Å². The first-order valence-corrected chi connectivity index (χ1v) is 7.82. The number of benzene rings is 1. The average molecular weight is 357 g/mol. The summed E-state index contributed by atoms with van der Waals surface area (Å²) in [7, 11) is 0. The number of hydrogen-bond acceptors (Lipinski definition) is 2. The molecule has 2 atom stereocenters. The smallest absolute Gasteiger partial charge is 0.246 e. The molecular weight excluding hydrogens is 339 g/mol. The van der Waals surface area contributed by atoms with E-state index < -0.39 is 12.1 Å². The van der Waals surface area contributed by atoms with Gasteiger partial charge in [0.25, 0.3) is 0 Å². The van der Waals surface area contributed by atoms with Crippen molar-refractivity contribution < 1.29 is 14.0 Å². The Bertz CT molecular complexity index is 565. The SMILES string of the molecule is CCC1NC(=O)C(CC)N(Cc2cccc(F)c2Br)C1=O. The minimum absolute atomic E-state index is 0.111. The third-order valence-electron chi connectivity index (χ3n) is 3.74. The van der Waals surface area contributed by atoms with E-state index in [1.807, 2.05) is 13.8 Å². The first-order chi connectivity index (χ1) is 9.99. The number of carbonyl (C=O) groups is 2. The Kier molecular flexibility index (Phi) is 4.98. The van der Waals surface area contributed by atoms with Crippen molar-refractivity contribution in [2.45, 2.75) is 45.3 Å². The number of rotatable bonds is 4. The van der Waals surface area contributed by atoms with E-state index in [1.165, 1.54) is 6.07 Å². The Morgan fingerprint density at radius 2 is 2.00 bits per heavy atom. The Hall–Kier alpha value is -1.43. The number of nitrogens with one attached hydrogen (secondary N) is 1. The molecule has 114 valence electrons. The molecule has 1 heterocycles. The number of piperazine rings is 1. The number of amides is 2. The summed E-state index contributed by atoms with van der Waals surface area (Å²) in [6.45, 7) is 3.93. The van der Waals surface area contributed by atoms with Gasteiger partial charge in [-0.2, -0.15) is 0 Å². The highest BCUT2D eigenvalue weighted by molar-refractivity contribution is 9.10. The molecule has 0 radical (unpaired) electrons. The van der Waals surface area contributed by atoms with Crippen molar-refractivity contribution in [1.29, 1.82) is 0 Å². The summed E-state index contributed by atoms with van der Waals surface area (Å²) < 4.78 is 13.9. The van der Waals surface area contributed by atoms with Crippen LogP contribution in [-0.2, 0) is 16.1 Å². The fourth-order valence-corrected chi connectivity index (χ4v) is 2.94. The molecule has 0 spiro atoms. The lowest BCUT2D eigenvalue weighted by atomic mass is 10.0. The standard InChI is InChI=1S/C15H18BrFN2O2/c1-3-11-15(21)19(12(4-2)14(20)18-11)8-9-6-5-7-10(17)13(9)16/h5-7,11-12H,3-4,8H2,1-2H3,(H,18,20). The van der Waals surface area contributed by atoms with Crippen molar-refractivity contribution in [1.82, 2.24) is 10.2 Å². The van der Waals surface area contributed by atoms with Crippen LogP contribution in [0.25, 0.3) is 0 Å². The lowest BCUT2D eigenvalue weighted by molar-refractivity contribution is -0.150. The van der Waals surface area contributed by atoms with Gasteiger partial charge in [-0.15, -0.1) is 0 Å². The van der Waals surface area contributed by atoms with Crippen LogP contribution in [-0.4, -0.2) is 28.8 Å². The van der Waals surface area contributed by atoms with E-state index in [0.29, 0.717) is 22.9 Å². The van der Waals surface area contributed by atoms with Crippen molar-refractivity contribution in [2.75, 3.05) is 0 Å². The predicted molar refractivity (Wildman–Crippen MR) is 81.0 cm³/mol. The first-order valence-electron chi connectivity index (χ1n) is 7.03. The molecule has 1 N–H and O–H groups in total. The summed E-state index contributed by atoms with van der Waals surface area (Å²) in [5.74, 6) is -0.627. The molecule has 2 amide bonds. The van der Waals surface area contributed by atoms with Gasteiger partial charge < -0.3 is 10.2 Å². The molecule has 0 saturated carbocycles. The monoisotopic (exact) mass is 356 g/mol. The van der Waals surface area contributed by atoms with Crippen molar-refractivity contribution in [3.05, 3.63) is 34.1 Å². The van der Waals surface area contributed by atoms with Crippen molar-refractivity contribution in [2.24, 2.45) is 0 Å². The summed E-state index contributed by atoms with van der Waals surface area (Å²) in [6.07, 6.45) is 1.07. The van der Waals surface area contributed by atoms with Crippen LogP contribution >= 0.6 is 15.9 Å². The Morgan fingerprint density at radius 1 is 1.29 bits per heavy atom. The fraction of sp³-hybridized carbons (Fsp3) is 0.467. The van der Waals surface area contributed by atoms with Crippen LogP contribution in [0, 0.1) is 5.82 Å². The van der Waals surface area contributed by atoms with Gasteiger partial charge in [0.1, 0.15) is 17.9 Å². The van der Waals surface area contributed by atoms with E-state index in [2.05, 4.69) is 21.2 Å². The van der Waals surface area contributed by atoms with Gasteiger partial charge in [-0.1, -0.05) is 26.0 Å². The molecule has 4 nitrogen and oxygen atoms in total. The normalized spacial score (nSPS) is 22.4. The van der Waals surface area contributed by atoms with Crippen LogP contribution in [0.15, 0.2) is 22.7 Å². The molecule has 0 aliphatic carbocycles. The second-order valence-corrected chi connectivity index (χ2v) is 5.87. The molecule has 1 aliphatic rings. The van der Waals surface area contributed by atoms with Crippen molar-refractivity contribution in [3.63, 3.8) is 0 Å². The van der Waals surface area contributed by atoms with E-state index in [-0.39, 0.29) is 24.2 Å². The molecule has 6 heteroatoms. The number of hydrogen-bond donors (Lipinski definition) is 1. The zero-order chi connectivity index (χ0) is 15.6. The molecule has 2 rings (SSSR count). The van der Waals surface area contributed by atoms with Gasteiger partial charge in [0, 0.05) is 6.54 Å². The molecule has 2 unspecified atom stereocenters. The predicted octanol–water partition coefficient (Wildman–Crippen LogP) is 2.60. The first kappa shape index (κ1) is 15.9. The van der Waals surface area contributed by atoms with Crippen LogP contribution in [0.2, 0.25) is 0 Å². The molecule has 1 aliphatic heterocycles. The van der Waals surface area contributed by atoms with E-state index in [1.54, 1.807) is 17.0 Å². The van der Waals surface area contributed by atoms with E-state index in [4.69, 9.17) is 0 Å². The summed E-state index contributed by atoms with van der Waals surface area (Å²) in [5, 5.41) is 2.74. The van der Waals surface area contributed by atoms with Crippen LogP contribution in [0.4, 0.5) is 4.39 Å². The highest BCUT2D eigenvalue weighted by Crippen LogP contribution is 2.25. The molecular formula is C15H18BrFN2O2. The lowest BCUT2D eigenvalue weighted by Gasteiger charge is -2.38. The number of carbonyl (C=O) groups excluding carboxylic acids is 2. The Morgan fingerprint density at radius 3 is 2.62 bits per heavy atom. The second kappa shape index (κ2) is 6.56. The molecule has 21 heavy (non-hydrogen) atoms. The second-order valence-electron chi connectivity index (χ2n) is 5.07. The van der Waals surface area contributed by atoms with Crippen molar-refractivity contribution in [3.8, 4) is 0 Å². The number of halogens is 2. The maximum atomic E-state index is 13.6. The Labute approximate surface area is 131 Å².